The maximum Gasteiger partial charge on any atom is 0.118 e. The van der Waals surface area contributed by atoms with Crippen molar-refractivity contribution in [3.8, 4) is 5.75 Å². The largest absolute Gasteiger partial charge is 0.497 e. The number of rotatable bonds is 4. The third-order valence-electron chi connectivity index (χ3n) is 3.92. The number of benzene rings is 1. The van der Waals surface area contributed by atoms with Gasteiger partial charge in [0, 0.05) is 18.8 Å². The van der Waals surface area contributed by atoms with Crippen LogP contribution in [0.4, 0.5) is 0 Å². The van der Waals surface area contributed by atoms with E-state index in [0.717, 1.165) is 18.8 Å². The molecule has 1 atom stereocenters. The van der Waals surface area contributed by atoms with E-state index in [4.69, 9.17) is 4.74 Å². The van der Waals surface area contributed by atoms with Crippen LogP contribution < -0.4 is 10.1 Å². The predicted molar refractivity (Wildman–Crippen MR) is 78.9 cm³/mol. The van der Waals surface area contributed by atoms with Crippen molar-refractivity contribution in [3.63, 3.8) is 0 Å². The van der Waals surface area contributed by atoms with Crippen LogP contribution in [0.5, 0.6) is 5.75 Å². The van der Waals surface area contributed by atoms with Crippen LogP contribution >= 0.6 is 0 Å². The molecule has 106 valence electrons. The summed E-state index contributed by atoms with van der Waals surface area (Å²) in [6, 6.07) is 8.67. The van der Waals surface area contributed by atoms with Crippen molar-refractivity contribution >= 4 is 0 Å². The molecule has 0 radical (unpaired) electrons. The van der Waals surface area contributed by atoms with E-state index in [2.05, 4.69) is 27.0 Å². The highest BCUT2D eigenvalue weighted by molar-refractivity contribution is 5.27. The molecule has 1 saturated heterocycles. The molecule has 0 bridgehead atoms. The molecule has 2 heterocycles. The molecule has 2 aromatic rings. The second kappa shape index (κ2) is 6.09. The van der Waals surface area contributed by atoms with Crippen LogP contribution in [0.25, 0.3) is 0 Å². The van der Waals surface area contributed by atoms with Crippen molar-refractivity contribution in [3.05, 3.63) is 48.0 Å². The first-order valence-corrected chi connectivity index (χ1v) is 7.23. The smallest absolute Gasteiger partial charge is 0.118 e. The lowest BCUT2D eigenvalue weighted by Crippen LogP contribution is -2.28. The summed E-state index contributed by atoms with van der Waals surface area (Å²) in [5.74, 6) is 0.897. The van der Waals surface area contributed by atoms with Crippen LogP contribution in [0.3, 0.4) is 0 Å². The van der Waals surface area contributed by atoms with E-state index < -0.39 is 0 Å². The molecular formula is C16H21N3O. The van der Waals surface area contributed by atoms with E-state index in [0.29, 0.717) is 6.04 Å². The van der Waals surface area contributed by atoms with Crippen LogP contribution in [0, 0.1) is 0 Å². The molecule has 0 saturated carbocycles. The molecular weight excluding hydrogens is 250 g/mol. The monoisotopic (exact) mass is 271 g/mol. The highest BCUT2D eigenvalue weighted by Crippen LogP contribution is 2.23. The van der Waals surface area contributed by atoms with Crippen LogP contribution in [0.1, 0.15) is 36.6 Å². The topological polar surface area (TPSA) is 39.1 Å². The molecule has 1 aromatic heterocycles. The van der Waals surface area contributed by atoms with Crippen molar-refractivity contribution in [2.24, 2.45) is 0 Å². The van der Waals surface area contributed by atoms with Crippen LogP contribution in [0.15, 0.2) is 36.8 Å². The zero-order chi connectivity index (χ0) is 13.8. The Hall–Kier alpha value is -1.81. The second-order valence-electron chi connectivity index (χ2n) is 5.30. The summed E-state index contributed by atoms with van der Waals surface area (Å²) in [6.45, 7) is 1.97. The van der Waals surface area contributed by atoms with Gasteiger partial charge in [0.25, 0.3) is 0 Å². The normalized spacial score (nSPS) is 18.9. The molecule has 1 N–H and O–H groups in total. The van der Waals surface area contributed by atoms with Crippen molar-refractivity contribution in [1.82, 2.24) is 14.9 Å². The maximum atomic E-state index is 5.19. The van der Waals surface area contributed by atoms with Gasteiger partial charge in [-0.2, -0.15) is 0 Å². The Morgan fingerprint density at radius 3 is 2.85 bits per heavy atom. The zero-order valence-electron chi connectivity index (χ0n) is 11.9. The van der Waals surface area contributed by atoms with Crippen molar-refractivity contribution in [2.45, 2.75) is 31.8 Å². The number of methoxy groups -OCH3 is 1. The summed E-state index contributed by atoms with van der Waals surface area (Å²) >= 11 is 0. The van der Waals surface area contributed by atoms with Gasteiger partial charge in [0.1, 0.15) is 5.75 Å². The SMILES string of the molecule is COc1ccc(Cn2cncc2C2CCCCN2)cc1. The van der Waals surface area contributed by atoms with E-state index in [1.807, 2.05) is 24.7 Å². The lowest BCUT2D eigenvalue weighted by molar-refractivity contribution is 0.395. The number of aromatic nitrogens is 2. The fraction of sp³-hybridized carbons (Fsp3) is 0.438. The Bertz CT molecular complexity index is 541. The number of nitrogens with zero attached hydrogens (tertiary/aromatic N) is 2. The third-order valence-corrected chi connectivity index (χ3v) is 3.92. The molecule has 20 heavy (non-hydrogen) atoms. The van der Waals surface area contributed by atoms with Gasteiger partial charge in [-0.1, -0.05) is 18.6 Å². The summed E-state index contributed by atoms with van der Waals surface area (Å²) in [6.07, 6.45) is 7.70. The number of hydrogen-bond donors (Lipinski definition) is 1. The minimum absolute atomic E-state index is 0.449. The fourth-order valence-corrected chi connectivity index (χ4v) is 2.79. The highest BCUT2D eigenvalue weighted by atomic mass is 16.5. The molecule has 1 aromatic carbocycles. The van der Waals surface area contributed by atoms with Crippen molar-refractivity contribution < 1.29 is 4.74 Å². The van der Waals surface area contributed by atoms with Gasteiger partial charge in [0.2, 0.25) is 0 Å². The van der Waals surface area contributed by atoms with Gasteiger partial charge in [-0.05, 0) is 37.1 Å². The zero-order valence-corrected chi connectivity index (χ0v) is 11.9. The predicted octanol–water partition coefficient (Wildman–Crippen LogP) is 2.75. The lowest BCUT2D eigenvalue weighted by atomic mass is 10.0. The summed E-state index contributed by atoms with van der Waals surface area (Å²) in [4.78, 5) is 4.33. The molecule has 1 aliphatic rings. The first kappa shape index (κ1) is 13.2. The molecule has 4 heteroatoms. The van der Waals surface area contributed by atoms with Gasteiger partial charge < -0.3 is 14.6 Å². The van der Waals surface area contributed by atoms with Gasteiger partial charge in [0.05, 0.1) is 19.1 Å². The summed E-state index contributed by atoms with van der Waals surface area (Å²) < 4.78 is 7.44. The van der Waals surface area contributed by atoms with Gasteiger partial charge in [-0.3, -0.25) is 0 Å². The van der Waals surface area contributed by atoms with Crippen molar-refractivity contribution in [1.29, 1.82) is 0 Å². The summed E-state index contributed by atoms with van der Waals surface area (Å²) in [7, 11) is 1.69. The van der Waals surface area contributed by atoms with E-state index in [1.165, 1.54) is 30.5 Å². The lowest BCUT2D eigenvalue weighted by Gasteiger charge is -2.24. The van der Waals surface area contributed by atoms with Crippen molar-refractivity contribution in [2.75, 3.05) is 13.7 Å². The van der Waals surface area contributed by atoms with Crippen LogP contribution in [-0.2, 0) is 6.54 Å². The third kappa shape index (κ3) is 2.85. The first-order valence-electron chi connectivity index (χ1n) is 7.23. The van der Waals surface area contributed by atoms with E-state index in [1.54, 1.807) is 7.11 Å². The van der Waals surface area contributed by atoms with Gasteiger partial charge in [-0.25, -0.2) is 4.98 Å². The Balaban J connectivity index is 1.75. The minimum Gasteiger partial charge on any atom is -0.497 e. The molecule has 3 rings (SSSR count). The minimum atomic E-state index is 0.449. The van der Waals surface area contributed by atoms with E-state index in [9.17, 15) is 0 Å². The Labute approximate surface area is 119 Å². The summed E-state index contributed by atoms with van der Waals surface area (Å²) in [5.41, 5.74) is 2.56. The molecule has 0 spiro atoms. The van der Waals surface area contributed by atoms with E-state index >= 15 is 0 Å². The first-order chi connectivity index (χ1) is 9.86. The number of imidazole rings is 1. The summed E-state index contributed by atoms with van der Waals surface area (Å²) in [5, 5.41) is 3.59. The second-order valence-corrected chi connectivity index (χ2v) is 5.30. The van der Waals surface area contributed by atoms with Gasteiger partial charge in [-0.15, -0.1) is 0 Å². The molecule has 4 nitrogen and oxygen atoms in total. The molecule has 0 amide bonds. The quantitative estimate of drug-likeness (QED) is 0.929. The number of piperidine rings is 1. The standard InChI is InChI=1S/C16H21N3O/c1-20-14-7-5-13(6-8-14)11-19-12-17-10-16(19)15-4-2-3-9-18-15/h5-8,10,12,15,18H,2-4,9,11H2,1H3. The average molecular weight is 271 g/mol. The number of ether oxygens (including phenoxy) is 1. The highest BCUT2D eigenvalue weighted by Gasteiger charge is 2.18. The maximum absolute atomic E-state index is 5.19. The Morgan fingerprint density at radius 1 is 1.30 bits per heavy atom. The van der Waals surface area contributed by atoms with Crippen LogP contribution in [0.2, 0.25) is 0 Å². The van der Waals surface area contributed by atoms with Crippen LogP contribution in [-0.4, -0.2) is 23.2 Å². The molecule has 1 unspecified atom stereocenters. The van der Waals surface area contributed by atoms with E-state index in [-0.39, 0.29) is 0 Å². The van der Waals surface area contributed by atoms with Gasteiger partial charge in [0.15, 0.2) is 0 Å². The molecule has 1 fully saturated rings. The number of hydrogen-bond acceptors (Lipinski definition) is 3. The fourth-order valence-electron chi connectivity index (χ4n) is 2.79. The Morgan fingerprint density at radius 2 is 2.15 bits per heavy atom. The Kier molecular flexibility index (Phi) is 4.02. The molecule has 0 aliphatic carbocycles. The average Bonchev–Trinajstić information content (AvgIpc) is 2.97. The number of nitrogens with one attached hydrogen (secondary N) is 1. The van der Waals surface area contributed by atoms with Gasteiger partial charge >= 0.3 is 0 Å². The molecule has 1 aliphatic heterocycles.